The highest BCUT2D eigenvalue weighted by Gasteiger charge is 2.09. The van der Waals surface area contributed by atoms with Gasteiger partial charge in [-0.3, -0.25) is 4.79 Å². The first-order valence-corrected chi connectivity index (χ1v) is 6.57. The van der Waals surface area contributed by atoms with Crippen molar-refractivity contribution in [1.29, 1.82) is 0 Å². The smallest absolute Gasteiger partial charge is 0.234 e. The van der Waals surface area contributed by atoms with Gasteiger partial charge in [0.2, 0.25) is 5.91 Å². The Kier molecular flexibility index (Phi) is 5.49. The third-order valence-corrected chi connectivity index (χ3v) is 3.61. The van der Waals surface area contributed by atoms with E-state index in [-0.39, 0.29) is 18.0 Å². The maximum atomic E-state index is 11.5. The van der Waals surface area contributed by atoms with E-state index in [4.69, 9.17) is 0 Å². The van der Waals surface area contributed by atoms with E-state index in [9.17, 15) is 4.79 Å². The summed E-state index contributed by atoms with van der Waals surface area (Å²) < 4.78 is 0. The topological polar surface area (TPSA) is 41.1 Å². The second-order valence-electron chi connectivity index (χ2n) is 3.99. The van der Waals surface area contributed by atoms with Crippen LogP contribution in [0.1, 0.15) is 38.1 Å². The molecule has 0 aliphatic rings. The summed E-state index contributed by atoms with van der Waals surface area (Å²) in [5.41, 5.74) is 0. The van der Waals surface area contributed by atoms with Crippen LogP contribution in [-0.2, 0) is 4.79 Å². The standard InChI is InChI=1S/C12H20N2OS/c1-4-9(2)14-12(15)8-13-10(3)11-6-5-7-16-11/h5-7,9-10,13H,4,8H2,1-3H3,(H,14,15)/t9?,10-/m0/s1. The predicted molar refractivity (Wildman–Crippen MR) is 68.6 cm³/mol. The average molecular weight is 240 g/mol. The van der Waals surface area contributed by atoms with Crippen LogP contribution in [0.3, 0.4) is 0 Å². The molecule has 0 bridgehead atoms. The van der Waals surface area contributed by atoms with E-state index >= 15 is 0 Å². The summed E-state index contributed by atoms with van der Waals surface area (Å²) in [5.74, 6) is 0.0674. The van der Waals surface area contributed by atoms with Gasteiger partial charge in [0.25, 0.3) is 0 Å². The summed E-state index contributed by atoms with van der Waals surface area (Å²) in [4.78, 5) is 12.8. The molecule has 90 valence electrons. The Morgan fingerprint density at radius 1 is 1.50 bits per heavy atom. The third kappa shape index (κ3) is 4.33. The number of nitrogens with one attached hydrogen (secondary N) is 2. The van der Waals surface area contributed by atoms with Gasteiger partial charge in [0.1, 0.15) is 0 Å². The maximum Gasteiger partial charge on any atom is 0.234 e. The second kappa shape index (κ2) is 6.66. The van der Waals surface area contributed by atoms with Gasteiger partial charge in [0.15, 0.2) is 0 Å². The highest BCUT2D eigenvalue weighted by atomic mass is 32.1. The third-order valence-electron chi connectivity index (χ3n) is 2.56. The van der Waals surface area contributed by atoms with Gasteiger partial charge in [-0.15, -0.1) is 11.3 Å². The fourth-order valence-electron chi connectivity index (χ4n) is 1.31. The Morgan fingerprint density at radius 2 is 2.25 bits per heavy atom. The molecule has 0 saturated heterocycles. The molecule has 16 heavy (non-hydrogen) atoms. The summed E-state index contributed by atoms with van der Waals surface area (Å²) in [6.07, 6.45) is 0.965. The Balaban J connectivity index is 2.26. The van der Waals surface area contributed by atoms with Crippen LogP contribution in [0.5, 0.6) is 0 Å². The van der Waals surface area contributed by atoms with E-state index in [2.05, 4.69) is 30.5 Å². The molecule has 1 rings (SSSR count). The molecule has 3 nitrogen and oxygen atoms in total. The molecule has 1 aromatic heterocycles. The van der Waals surface area contributed by atoms with Crippen LogP contribution in [0.4, 0.5) is 0 Å². The number of hydrogen-bond donors (Lipinski definition) is 2. The molecule has 0 aromatic carbocycles. The fraction of sp³-hybridized carbons (Fsp3) is 0.583. The van der Waals surface area contributed by atoms with Crippen molar-refractivity contribution >= 4 is 17.2 Å². The molecule has 1 heterocycles. The molecule has 4 heteroatoms. The van der Waals surface area contributed by atoms with Crippen LogP contribution < -0.4 is 10.6 Å². The van der Waals surface area contributed by atoms with Crippen LogP contribution >= 0.6 is 11.3 Å². The number of hydrogen-bond acceptors (Lipinski definition) is 3. The molecule has 0 spiro atoms. The van der Waals surface area contributed by atoms with E-state index in [0.717, 1.165) is 6.42 Å². The van der Waals surface area contributed by atoms with Crippen molar-refractivity contribution in [2.24, 2.45) is 0 Å². The monoisotopic (exact) mass is 240 g/mol. The van der Waals surface area contributed by atoms with E-state index in [1.165, 1.54) is 4.88 Å². The lowest BCUT2D eigenvalue weighted by Crippen LogP contribution is -2.39. The number of carbonyl (C=O) groups excluding carboxylic acids is 1. The van der Waals surface area contributed by atoms with Gasteiger partial charge in [0.05, 0.1) is 6.54 Å². The molecule has 2 atom stereocenters. The lowest BCUT2D eigenvalue weighted by Gasteiger charge is -2.14. The number of amides is 1. The van der Waals surface area contributed by atoms with Gasteiger partial charge in [-0.2, -0.15) is 0 Å². The highest BCUT2D eigenvalue weighted by molar-refractivity contribution is 7.10. The lowest BCUT2D eigenvalue weighted by atomic mass is 10.2. The van der Waals surface area contributed by atoms with Crippen LogP contribution in [0, 0.1) is 0 Å². The van der Waals surface area contributed by atoms with Crippen LogP contribution in [0.15, 0.2) is 17.5 Å². The molecular weight excluding hydrogens is 220 g/mol. The van der Waals surface area contributed by atoms with Crippen molar-refractivity contribution in [1.82, 2.24) is 10.6 Å². The maximum absolute atomic E-state index is 11.5. The average Bonchev–Trinajstić information content (AvgIpc) is 2.79. The highest BCUT2D eigenvalue weighted by Crippen LogP contribution is 2.17. The van der Waals surface area contributed by atoms with Crippen LogP contribution in [-0.4, -0.2) is 18.5 Å². The summed E-state index contributed by atoms with van der Waals surface area (Å²) >= 11 is 1.71. The largest absolute Gasteiger partial charge is 0.353 e. The molecule has 2 N–H and O–H groups in total. The number of thiophene rings is 1. The van der Waals surface area contributed by atoms with Crippen molar-refractivity contribution in [2.75, 3.05) is 6.54 Å². The second-order valence-corrected chi connectivity index (χ2v) is 4.97. The minimum absolute atomic E-state index is 0.0674. The van der Waals surface area contributed by atoms with Gasteiger partial charge in [-0.1, -0.05) is 13.0 Å². The predicted octanol–water partition coefficient (Wildman–Crippen LogP) is 2.31. The number of rotatable bonds is 6. The van der Waals surface area contributed by atoms with Crippen LogP contribution in [0.2, 0.25) is 0 Å². The normalized spacial score (nSPS) is 14.4. The zero-order valence-electron chi connectivity index (χ0n) is 10.1. The molecule has 0 saturated carbocycles. The Labute approximate surface area is 101 Å². The Morgan fingerprint density at radius 3 is 2.81 bits per heavy atom. The summed E-state index contributed by atoms with van der Waals surface area (Å²) in [6.45, 7) is 6.53. The molecule has 0 fully saturated rings. The molecule has 1 amide bonds. The van der Waals surface area contributed by atoms with E-state index in [1.807, 2.05) is 18.4 Å². The quantitative estimate of drug-likeness (QED) is 0.801. The van der Waals surface area contributed by atoms with Crippen molar-refractivity contribution in [3.63, 3.8) is 0 Å². The molecular formula is C12H20N2OS. The lowest BCUT2D eigenvalue weighted by molar-refractivity contribution is -0.120. The molecule has 0 aliphatic heterocycles. The van der Waals surface area contributed by atoms with Gasteiger partial charge >= 0.3 is 0 Å². The van der Waals surface area contributed by atoms with Gasteiger partial charge in [-0.05, 0) is 31.7 Å². The van der Waals surface area contributed by atoms with E-state index < -0.39 is 0 Å². The first-order chi connectivity index (χ1) is 7.63. The summed E-state index contributed by atoms with van der Waals surface area (Å²) in [5, 5.41) is 8.19. The summed E-state index contributed by atoms with van der Waals surface area (Å²) in [7, 11) is 0. The van der Waals surface area contributed by atoms with E-state index in [1.54, 1.807) is 11.3 Å². The van der Waals surface area contributed by atoms with Crippen molar-refractivity contribution in [3.05, 3.63) is 22.4 Å². The zero-order chi connectivity index (χ0) is 12.0. The van der Waals surface area contributed by atoms with Gasteiger partial charge < -0.3 is 10.6 Å². The molecule has 1 unspecified atom stereocenters. The minimum atomic E-state index is 0.0674. The van der Waals surface area contributed by atoms with Gasteiger partial charge in [-0.25, -0.2) is 0 Å². The van der Waals surface area contributed by atoms with Crippen LogP contribution in [0.25, 0.3) is 0 Å². The SMILES string of the molecule is CCC(C)NC(=O)CN[C@@H](C)c1cccs1. The molecule has 0 radical (unpaired) electrons. The minimum Gasteiger partial charge on any atom is -0.353 e. The first-order valence-electron chi connectivity index (χ1n) is 5.69. The van der Waals surface area contributed by atoms with Gasteiger partial charge in [0, 0.05) is 17.0 Å². The fourth-order valence-corrected chi connectivity index (χ4v) is 2.07. The van der Waals surface area contributed by atoms with Crippen molar-refractivity contribution in [3.8, 4) is 0 Å². The first kappa shape index (κ1) is 13.2. The van der Waals surface area contributed by atoms with E-state index in [0.29, 0.717) is 6.54 Å². The van der Waals surface area contributed by atoms with Crippen molar-refractivity contribution in [2.45, 2.75) is 39.3 Å². The molecule has 1 aromatic rings. The van der Waals surface area contributed by atoms with Crippen molar-refractivity contribution < 1.29 is 4.79 Å². The Bertz CT molecular complexity index is 311. The summed E-state index contributed by atoms with van der Waals surface area (Å²) in [6, 6.07) is 4.60. The number of carbonyl (C=O) groups is 1. The zero-order valence-corrected chi connectivity index (χ0v) is 10.9. The Hall–Kier alpha value is -0.870. The molecule has 0 aliphatic carbocycles.